The lowest BCUT2D eigenvalue weighted by Gasteiger charge is -2.40. The Labute approximate surface area is 266 Å². The van der Waals surface area contributed by atoms with Gasteiger partial charge in [0.25, 0.3) is 11.5 Å². The number of halogens is 1. The second-order valence-electron chi connectivity index (χ2n) is 13.6. The van der Waals surface area contributed by atoms with Gasteiger partial charge in [0.1, 0.15) is 12.4 Å². The van der Waals surface area contributed by atoms with Gasteiger partial charge < -0.3 is 23.7 Å². The number of rotatable bonds is 1. The number of hydrogen-bond donors (Lipinski definition) is 1. The van der Waals surface area contributed by atoms with Crippen LogP contribution in [0.1, 0.15) is 36.0 Å². The molecule has 5 bridgehead atoms. The lowest BCUT2D eigenvalue weighted by atomic mass is 9.78. The van der Waals surface area contributed by atoms with E-state index >= 15 is 4.39 Å². The Balaban J connectivity index is 1.31. The van der Waals surface area contributed by atoms with Gasteiger partial charge in [-0.3, -0.25) is 19.8 Å². The number of likely N-dealkylation sites (N-methyl/N-ethyl adjacent to an activating group) is 1. The standard InChI is InChI=1S/C33H40FN9O3/c1-38-8-10-42(11-9-38)27-16-28-26(15-25(27)34)36-32-37-29(44)22-14-23(30(45)39(2)19-22)24-17-35-40(3)31(24)46-13-12-41-18-21-4-6-33(20-41,7-5-21)43(28)32/h14-17,19,21H,4-13,18,20H2,1-3H3,(H,36,37,44). The normalized spacial score (nSPS) is 25.2. The number of hydrogen-bond acceptors (Lipinski definition) is 8. The summed E-state index contributed by atoms with van der Waals surface area (Å²) in [5, 5.41) is 7.49. The average Bonchev–Trinajstić information content (AvgIpc) is 3.44. The van der Waals surface area contributed by atoms with Crippen molar-refractivity contribution >= 4 is 28.6 Å². The van der Waals surface area contributed by atoms with Crippen molar-refractivity contribution in [2.75, 3.05) is 69.7 Å². The number of benzene rings is 1. The lowest BCUT2D eigenvalue weighted by molar-refractivity contribution is 0.102. The SMILES string of the molecule is CN1CCN(c2cc3c(cc2F)nc2n3C34CCC(CC3)CN(CCOc3c(cnn3C)-c3cc(cn(C)c3=O)C(=O)N2)C4)CC1. The van der Waals surface area contributed by atoms with Crippen LogP contribution in [0.15, 0.2) is 35.4 Å². The second-order valence-corrected chi connectivity index (χ2v) is 13.6. The van der Waals surface area contributed by atoms with E-state index in [1.54, 1.807) is 31.0 Å². The highest BCUT2D eigenvalue weighted by atomic mass is 19.1. The molecule has 3 aromatic heterocycles. The molecule has 242 valence electrons. The zero-order valence-electron chi connectivity index (χ0n) is 26.6. The molecule has 5 aliphatic rings. The van der Waals surface area contributed by atoms with Crippen LogP contribution in [0.5, 0.6) is 5.88 Å². The van der Waals surface area contributed by atoms with Crippen LogP contribution in [0, 0.1) is 11.7 Å². The Hall–Kier alpha value is -4.23. The molecule has 1 atom stereocenters. The van der Waals surface area contributed by atoms with Gasteiger partial charge in [-0.15, -0.1) is 0 Å². The molecular weight excluding hydrogens is 589 g/mol. The second kappa shape index (κ2) is 10.9. The van der Waals surface area contributed by atoms with Crippen LogP contribution < -0.4 is 20.5 Å². The van der Waals surface area contributed by atoms with E-state index in [1.807, 2.05) is 6.07 Å². The molecule has 4 aromatic rings. The first kappa shape index (κ1) is 29.2. The molecule has 1 N–H and O–H groups in total. The fourth-order valence-electron chi connectivity index (χ4n) is 8.06. The molecule has 0 radical (unpaired) electrons. The van der Waals surface area contributed by atoms with E-state index in [1.165, 1.54) is 16.8 Å². The van der Waals surface area contributed by atoms with Gasteiger partial charge >= 0.3 is 0 Å². The van der Waals surface area contributed by atoms with E-state index in [4.69, 9.17) is 9.72 Å². The highest BCUT2D eigenvalue weighted by Gasteiger charge is 2.45. The zero-order valence-corrected chi connectivity index (χ0v) is 26.6. The number of fused-ring (bicyclic) bond motifs is 9. The fourth-order valence-corrected chi connectivity index (χ4v) is 8.06. The number of carbonyl (C=O) groups excluding carboxylic acids is 1. The molecule has 1 amide bonds. The largest absolute Gasteiger partial charge is 0.476 e. The van der Waals surface area contributed by atoms with Crippen molar-refractivity contribution < 1.29 is 13.9 Å². The first-order valence-corrected chi connectivity index (χ1v) is 16.2. The minimum Gasteiger partial charge on any atom is -0.476 e. The summed E-state index contributed by atoms with van der Waals surface area (Å²) in [6.45, 7) is 6.03. The predicted molar refractivity (Wildman–Crippen MR) is 173 cm³/mol. The van der Waals surface area contributed by atoms with Gasteiger partial charge in [0, 0.05) is 72.2 Å². The quantitative estimate of drug-likeness (QED) is 0.343. The third-order valence-electron chi connectivity index (χ3n) is 10.6. The van der Waals surface area contributed by atoms with Crippen LogP contribution in [0.25, 0.3) is 22.2 Å². The Bertz CT molecular complexity index is 1900. The molecule has 3 saturated heterocycles. The summed E-state index contributed by atoms with van der Waals surface area (Å²) in [7, 11) is 5.50. The topological polar surface area (TPSA) is 106 Å². The smallest absolute Gasteiger partial charge is 0.259 e. The molecule has 4 aliphatic heterocycles. The summed E-state index contributed by atoms with van der Waals surface area (Å²) in [5.41, 5.74) is 2.47. The van der Waals surface area contributed by atoms with Gasteiger partial charge in [-0.25, -0.2) is 14.1 Å². The summed E-state index contributed by atoms with van der Waals surface area (Å²) in [4.78, 5) is 39.1. The van der Waals surface area contributed by atoms with Gasteiger partial charge in [0.15, 0.2) is 0 Å². The van der Waals surface area contributed by atoms with Crippen LogP contribution in [0.3, 0.4) is 0 Å². The van der Waals surface area contributed by atoms with Crippen LogP contribution in [0.4, 0.5) is 16.0 Å². The van der Waals surface area contributed by atoms with Crippen LogP contribution in [-0.4, -0.2) is 99.1 Å². The molecule has 7 heterocycles. The monoisotopic (exact) mass is 629 g/mol. The maximum absolute atomic E-state index is 15.8. The number of aromatic nitrogens is 5. The van der Waals surface area contributed by atoms with Crippen LogP contribution >= 0.6 is 0 Å². The number of amides is 1. The zero-order chi connectivity index (χ0) is 31.7. The Morgan fingerprint density at radius 1 is 1.00 bits per heavy atom. The minimum absolute atomic E-state index is 0.259. The highest BCUT2D eigenvalue weighted by Crippen LogP contribution is 2.46. The molecule has 1 saturated carbocycles. The van der Waals surface area contributed by atoms with Gasteiger partial charge in [0.2, 0.25) is 11.8 Å². The maximum Gasteiger partial charge on any atom is 0.259 e. The Morgan fingerprint density at radius 2 is 1.78 bits per heavy atom. The number of ether oxygens (including phenoxy) is 1. The summed E-state index contributed by atoms with van der Waals surface area (Å²) in [5.74, 6) is 0.756. The molecule has 4 fully saturated rings. The highest BCUT2D eigenvalue weighted by molar-refractivity contribution is 6.04. The van der Waals surface area contributed by atoms with Gasteiger partial charge in [0.05, 0.1) is 45.1 Å². The van der Waals surface area contributed by atoms with Gasteiger partial charge in [-0.1, -0.05) is 0 Å². The van der Waals surface area contributed by atoms with Crippen molar-refractivity contribution in [1.29, 1.82) is 0 Å². The van der Waals surface area contributed by atoms with Crippen molar-refractivity contribution in [1.82, 2.24) is 33.7 Å². The molecule has 1 spiro atoms. The van der Waals surface area contributed by atoms with E-state index in [0.29, 0.717) is 58.8 Å². The van der Waals surface area contributed by atoms with Crippen LogP contribution in [-0.2, 0) is 19.6 Å². The predicted octanol–water partition coefficient (Wildman–Crippen LogP) is 2.87. The Kier molecular flexibility index (Phi) is 6.94. The first-order valence-electron chi connectivity index (χ1n) is 16.2. The summed E-state index contributed by atoms with van der Waals surface area (Å²) >= 11 is 0. The van der Waals surface area contributed by atoms with Gasteiger partial charge in [-0.05, 0) is 50.8 Å². The molecule has 1 aliphatic carbocycles. The molecule has 1 aromatic carbocycles. The third-order valence-corrected chi connectivity index (χ3v) is 10.6. The maximum atomic E-state index is 15.8. The van der Waals surface area contributed by atoms with Crippen molar-refractivity contribution in [3.63, 3.8) is 0 Å². The van der Waals surface area contributed by atoms with Crippen molar-refractivity contribution in [3.05, 3.63) is 52.3 Å². The summed E-state index contributed by atoms with van der Waals surface area (Å²) in [6, 6.07) is 5.06. The molecular formula is C33H40FN9O3. The number of imidazole rings is 1. The fraction of sp³-hybridized carbons (Fsp3) is 0.515. The number of carbonyl (C=O) groups is 1. The summed E-state index contributed by atoms with van der Waals surface area (Å²) in [6.07, 6.45) is 7.13. The van der Waals surface area contributed by atoms with E-state index < -0.39 is 5.91 Å². The molecule has 9 rings (SSSR count). The third kappa shape index (κ3) is 4.79. The molecule has 1 unspecified atom stereocenters. The lowest BCUT2D eigenvalue weighted by Crippen LogP contribution is -2.45. The van der Waals surface area contributed by atoms with Gasteiger partial charge in [-0.2, -0.15) is 5.10 Å². The minimum atomic E-state index is -0.398. The van der Waals surface area contributed by atoms with Crippen molar-refractivity contribution in [2.45, 2.75) is 31.2 Å². The number of nitrogens with zero attached hydrogens (tertiary/aromatic N) is 8. The first-order chi connectivity index (χ1) is 22.2. The average molecular weight is 630 g/mol. The summed E-state index contributed by atoms with van der Waals surface area (Å²) < 4.78 is 27.3. The van der Waals surface area contributed by atoms with Crippen molar-refractivity contribution in [3.8, 4) is 17.0 Å². The number of nitrogens with one attached hydrogen (secondary N) is 1. The number of anilines is 2. The number of piperazine rings is 1. The molecule has 12 nitrogen and oxygen atoms in total. The number of aryl methyl sites for hydroxylation is 2. The van der Waals surface area contributed by atoms with E-state index in [2.05, 4.69) is 36.7 Å². The molecule has 13 heteroatoms. The Morgan fingerprint density at radius 3 is 2.57 bits per heavy atom. The molecule has 46 heavy (non-hydrogen) atoms. The van der Waals surface area contributed by atoms with E-state index in [9.17, 15) is 9.59 Å². The van der Waals surface area contributed by atoms with Crippen LogP contribution in [0.2, 0.25) is 0 Å². The van der Waals surface area contributed by atoms with E-state index in [-0.39, 0.29) is 16.9 Å². The van der Waals surface area contributed by atoms with E-state index in [0.717, 1.165) is 70.5 Å². The van der Waals surface area contributed by atoms with Crippen molar-refractivity contribution in [2.24, 2.45) is 20.0 Å². The number of pyridine rings is 1.